The Labute approximate surface area is 120 Å². The molecule has 21 heavy (non-hydrogen) atoms. The highest BCUT2D eigenvalue weighted by Gasteiger charge is 2.13. The van der Waals surface area contributed by atoms with Gasteiger partial charge in [-0.15, -0.1) is 0 Å². The van der Waals surface area contributed by atoms with Crippen molar-refractivity contribution in [2.45, 2.75) is 0 Å². The Bertz CT molecular complexity index is 884. The molecular weight excluding hydrogens is 268 g/mol. The number of phenols is 1. The standard InChI is InChI=1S/C16H12N2O3/c19-14-7-2-1-6-13(14)17-15(20)12-9-8-11-5-3-4-10-18(11)16(12)21/h1-10,19H,(H,17,20). The van der Waals surface area contributed by atoms with Crippen LogP contribution in [0.2, 0.25) is 0 Å². The van der Waals surface area contributed by atoms with E-state index >= 15 is 0 Å². The van der Waals surface area contributed by atoms with Gasteiger partial charge in [0.1, 0.15) is 11.3 Å². The van der Waals surface area contributed by atoms with Gasteiger partial charge < -0.3 is 10.4 Å². The Balaban J connectivity index is 2.01. The molecule has 0 unspecified atom stereocenters. The number of carbonyl (C=O) groups excluding carboxylic acids is 1. The quantitative estimate of drug-likeness (QED) is 0.707. The smallest absolute Gasteiger partial charge is 0.267 e. The monoisotopic (exact) mass is 280 g/mol. The lowest BCUT2D eigenvalue weighted by molar-refractivity contribution is 0.102. The largest absolute Gasteiger partial charge is 0.506 e. The Morgan fingerprint density at radius 2 is 1.76 bits per heavy atom. The summed E-state index contributed by atoms with van der Waals surface area (Å²) in [6.07, 6.45) is 1.61. The molecule has 1 amide bonds. The van der Waals surface area contributed by atoms with Gasteiger partial charge in [0.15, 0.2) is 0 Å². The number of nitrogens with one attached hydrogen (secondary N) is 1. The number of benzene rings is 1. The van der Waals surface area contributed by atoms with Crippen molar-refractivity contribution in [3.63, 3.8) is 0 Å². The third-order valence-corrected chi connectivity index (χ3v) is 3.16. The topological polar surface area (TPSA) is 70.8 Å². The normalized spacial score (nSPS) is 10.5. The Morgan fingerprint density at radius 3 is 2.57 bits per heavy atom. The van der Waals surface area contributed by atoms with Gasteiger partial charge in [-0.1, -0.05) is 18.2 Å². The van der Waals surface area contributed by atoms with Gasteiger partial charge in [-0.2, -0.15) is 0 Å². The summed E-state index contributed by atoms with van der Waals surface area (Å²) < 4.78 is 1.40. The maximum atomic E-state index is 12.3. The summed E-state index contributed by atoms with van der Waals surface area (Å²) in [5.74, 6) is -0.605. The van der Waals surface area contributed by atoms with Gasteiger partial charge in [-0.25, -0.2) is 0 Å². The fourth-order valence-corrected chi connectivity index (χ4v) is 2.09. The van der Waals surface area contributed by atoms with Crippen LogP contribution in [0.25, 0.3) is 5.52 Å². The highest BCUT2D eigenvalue weighted by Crippen LogP contribution is 2.21. The molecule has 1 aromatic carbocycles. The Morgan fingerprint density at radius 1 is 1.00 bits per heavy atom. The number of pyridine rings is 2. The second-order valence-corrected chi connectivity index (χ2v) is 4.52. The third kappa shape index (κ3) is 2.36. The number of carbonyl (C=O) groups is 1. The molecule has 0 aliphatic rings. The van der Waals surface area contributed by atoms with Crippen LogP contribution in [0.3, 0.4) is 0 Å². The van der Waals surface area contributed by atoms with E-state index in [9.17, 15) is 14.7 Å². The van der Waals surface area contributed by atoms with Crippen LogP contribution in [0.4, 0.5) is 5.69 Å². The molecule has 0 spiro atoms. The number of amides is 1. The van der Waals surface area contributed by atoms with E-state index in [1.807, 2.05) is 6.07 Å². The number of para-hydroxylation sites is 2. The van der Waals surface area contributed by atoms with Crippen LogP contribution in [0.5, 0.6) is 5.75 Å². The SMILES string of the molecule is O=C(Nc1ccccc1O)c1ccc2ccccn2c1=O. The van der Waals surface area contributed by atoms with Gasteiger partial charge in [-0.05, 0) is 36.4 Å². The van der Waals surface area contributed by atoms with Crippen molar-refractivity contribution in [1.82, 2.24) is 4.40 Å². The van der Waals surface area contributed by atoms with Crippen LogP contribution in [-0.2, 0) is 0 Å². The fraction of sp³-hybridized carbons (Fsp3) is 0. The van der Waals surface area contributed by atoms with Gasteiger partial charge in [-0.3, -0.25) is 14.0 Å². The van der Waals surface area contributed by atoms with Crippen molar-refractivity contribution in [2.24, 2.45) is 0 Å². The van der Waals surface area contributed by atoms with E-state index in [1.54, 1.807) is 42.6 Å². The molecule has 2 heterocycles. The minimum atomic E-state index is -0.556. The number of aromatic hydroxyl groups is 1. The van der Waals surface area contributed by atoms with Crippen LogP contribution in [-0.4, -0.2) is 15.4 Å². The zero-order valence-electron chi connectivity index (χ0n) is 11.0. The first-order valence-electron chi connectivity index (χ1n) is 6.36. The number of rotatable bonds is 2. The number of anilines is 1. The molecule has 0 atom stereocenters. The second-order valence-electron chi connectivity index (χ2n) is 4.52. The summed E-state index contributed by atoms with van der Waals surface area (Å²) in [7, 11) is 0. The number of phenolic OH excluding ortho intramolecular Hbond substituents is 1. The molecule has 0 aliphatic heterocycles. The second kappa shape index (κ2) is 5.13. The van der Waals surface area contributed by atoms with Crippen molar-refractivity contribution in [3.8, 4) is 5.75 Å². The van der Waals surface area contributed by atoms with Crippen molar-refractivity contribution in [3.05, 3.63) is 76.7 Å². The summed E-state index contributed by atoms with van der Waals surface area (Å²) in [6.45, 7) is 0. The van der Waals surface area contributed by atoms with E-state index in [1.165, 1.54) is 16.5 Å². The molecule has 5 heteroatoms. The minimum absolute atomic E-state index is 0.0157. The molecule has 3 rings (SSSR count). The average molecular weight is 280 g/mol. The third-order valence-electron chi connectivity index (χ3n) is 3.16. The molecule has 0 aliphatic carbocycles. The van der Waals surface area contributed by atoms with E-state index in [0.717, 1.165) is 0 Å². The lowest BCUT2D eigenvalue weighted by Crippen LogP contribution is -2.25. The van der Waals surface area contributed by atoms with Gasteiger partial charge in [0.05, 0.1) is 5.69 Å². The summed E-state index contributed by atoms with van der Waals surface area (Å²) in [5.41, 5.74) is 0.588. The number of hydrogen-bond donors (Lipinski definition) is 2. The fourth-order valence-electron chi connectivity index (χ4n) is 2.09. The van der Waals surface area contributed by atoms with Crippen LogP contribution in [0.1, 0.15) is 10.4 Å². The first-order valence-corrected chi connectivity index (χ1v) is 6.36. The maximum Gasteiger partial charge on any atom is 0.267 e. The van der Waals surface area contributed by atoms with Crippen molar-refractivity contribution in [1.29, 1.82) is 0 Å². The van der Waals surface area contributed by atoms with Gasteiger partial charge in [0.25, 0.3) is 11.5 Å². The molecule has 0 saturated carbocycles. The summed E-state index contributed by atoms with van der Waals surface area (Å²) in [4.78, 5) is 24.5. The molecule has 0 bridgehead atoms. The average Bonchev–Trinajstić information content (AvgIpc) is 2.50. The van der Waals surface area contributed by atoms with Crippen molar-refractivity contribution < 1.29 is 9.90 Å². The molecule has 0 fully saturated rings. The number of hydrogen-bond acceptors (Lipinski definition) is 3. The first-order chi connectivity index (χ1) is 10.2. The highest BCUT2D eigenvalue weighted by atomic mass is 16.3. The van der Waals surface area contributed by atoms with E-state index in [0.29, 0.717) is 5.52 Å². The number of aromatic nitrogens is 1. The summed E-state index contributed by atoms with van der Waals surface area (Å²) >= 11 is 0. The molecule has 0 radical (unpaired) electrons. The van der Waals surface area contributed by atoms with Crippen molar-refractivity contribution >= 4 is 17.1 Å². The number of nitrogens with zero attached hydrogens (tertiary/aromatic N) is 1. The molecule has 3 aromatic rings. The zero-order valence-corrected chi connectivity index (χ0v) is 11.0. The molecular formula is C16H12N2O3. The molecule has 104 valence electrons. The van der Waals surface area contributed by atoms with Crippen LogP contribution in [0, 0.1) is 0 Å². The van der Waals surface area contributed by atoms with Crippen molar-refractivity contribution in [2.75, 3.05) is 5.32 Å². The summed E-state index contributed by atoms with van der Waals surface area (Å²) in [5, 5.41) is 12.2. The van der Waals surface area contributed by atoms with Crippen LogP contribution < -0.4 is 10.9 Å². The Kier molecular flexibility index (Phi) is 3.16. The number of fused-ring (bicyclic) bond motifs is 1. The highest BCUT2D eigenvalue weighted by molar-refractivity contribution is 6.04. The minimum Gasteiger partial charge on any atom is -0.506 e. The lowest BCUT2D eigenvalue weighted by atomic mass is 10.2. The van der Waals surface area contributed by atoms with Gasteiger partial charge >= 0.3 is 0 Å². The molecule has 2 N–H and O–H groups in total. The predicted molar refractivity (Wildman–Crippen MR) is 79.7 cm³/mol. The van der Waals surface area contributed by atoms with Crippen LogP contribution >= 0.6 is 0 Å². The molecule has 5 nitrogen and oxygen atoms in total. The zero-order chi connectivity index (χ0) is 14.8. The van der Waals surface area contributed by atoms with E-state index in [4.69, 9.17) is 0 Å². The predicted octanol–water partition coefficient (Wildman–Crippen LogP) is 2.26. The molecule has 2 aromatic heterocycles. The lowest BCUT2D eigenvalue weighted by Gasteiger charge is -2.07. The maximum absolute atomic E-state index is 12.3. The van der Waals surface area contributed by atoms with Crippen LogP contribution in [0.15, 0.2) is 65.6 Å². The van der Waals surface area contributed by atoms with E-state index < -0.39 is 11.5 Å². The molecule has 0 saturated heterocycles. The summed E-state index contributed by atoms with van der Waals surface area (Å²) in [6, 6.07) is 14.9. The van der Waals surface area contributed by atoms with E-state index in [2.05, 4.69) is 5.32 Å². The van der Waals surface area contributed by atoms with Gasteiger partial charge in [0.2, 0.25) is 0 Å². The first kappa shape index (κ1) is 12.9. The Hall–Kier alpha value is -3.08. The van der Waals surface area contributed by atoms with E-state index in [-0.39, 0.29) is 17.0 Å². The van der Waals surface area contributed by atoms with Gasteiger partial charge in [0, 0.05) is 11.7 Å².